The zero-order valence-electron chi connectivity index (χ0n) is 17.0. The molecule has 28 heavy (non-hydrogen) atoms. The van der Waals surface area contributed by atoms with Crippen molar-refractivity contribution in [1.82, 2.24) is 0 Å². The van der Waals surface area contributed by atoms with E-state index in [9.17, 15) is 15.0 Å². The van der Waals surface area contributed by atoms with Crippen molar-refractivity contribution >= 4 is 28.6 Å². The maximum atomic E-state index is 12.2. The maximum absolute atomic E-state index is 12.2. The zero-order chi connectivity index (χ0) is 19.9. The summed E-state index contributed by atoms with van der Waals surface area (Å²) in [7, 11) is 0. The summed E-state index contributed by atoms with van der Waals surface area (Å²) in [5.74, 6) is 1.15. The molecule has 0 bridgehead atoms. The summed E-state index contributed by atoms with van der Waals surface area (Å²) in [5.41, 5.74) is -0.211. The fraction of sp³-hybridized carbons (Fsp3) is 0.870. The molecular formula is C23H33IO4. The summed E-state index contributed by atoms with van der Waals surface area (Å²) in [4.78, 5) is 11.7. The highest BCUT2D eigenvalue weighted by molar-refractivity contribution is 14.1. The van der Waals surface area contributed by atoms with Gasteiger partial charge in [0.2, 0.25) is 0 Å². The Balaban J connectivity index is 1.51. The average molecular weight is 500 g/mol. The molecule has 1 aliphatic heterocycles. The number of hydrogen-bond acceptors (Lipinski definition) is 4. The lowest BCUT2D eigenvalue weighted by Gasteiger charge is -2.65. The monoisotopic (exact) mass is 500 g/mol. The van der Waals surface area contributed by atoms with Gasteiger partial charge < -0.3 is 14.9 Å². The van der Waals surface area contributed by atoms with Gasteiger partial charge in [0.05, 0.1) is 11.7 Å². The van der Waals surface area contributed by atoms with E-state index in [4.69, 9.17) is 4.74 Å². The predicted octanol–water partition coefficient (Wildman–Crippen LogP) is 4.02. The van der Waals surface area contributed by atoms with E-state index in [1.807, 2.05) is 0 Å². The van der Waals surface area contributed by atoms with Gasteiger partial charge in [-0.25, -0.2) is 4.79 Å². The van der Waals surface area contributed by atoms with Crippen molar-refractivity contribution in [2.24, 2.45) is 34.5 Å². The highest BCUT2D eigenvalue weighted by Gasteiger charge is 2.70. The van der Waals surface area contributed by atoms with Crippen LogP contribution in [0.15, 0.2) is 11.6 Å². The van der Waals surface area contributed by atoms with E-state index in [1.165, 1.54) is 25.7 Å². The number of rotatable bonds is 1. The molecule has 4 fully saturated rings. The number of hydrogen-bond donors (Lipinski definition) is 2. The molecule has 5 rings (SSSR count). The maximum Gasteiger partial charge on any atom is 0.331 e. The van der Waals surface area contributed by atoms with Gasteiger partial charge in [0, 0.05) is 15.4 Å². The number of carbonyl (C=O) groups is 1. The van der Waals surface area contributed by atoms with Crippen molar-refractivity contribution < 1.29 is 19.7 Å². The highest BCUT2D eigenvalue weighted by Crippen LogP contribution is 2.70. The summed E-state index contributed by atoms with van der Waals surface area (Å²) in [5, 5.41) is 23.7. The molecule has 0 aromatic heterocycles. The van der Waals surface area contributed by atoms with Crippen LogP contribution in [-0.4, -0.2) is 38.4 Å². The van der Waals surface area contributed by atoms with Crippen molar-refractivity contribution in [3.8, 4) is 0 Å². The summed E-state index contributed by atoms with van der Waals surface area (Å²) in [6.45, 7) is 4.87. The molecule has 4 aliphatic carbocycles. The molecule has 4 nitrogen and oxygen atoms in total. The topological polar surface area (TPSA) is 66.8 Å². The molecule has 5 aliphatic rings. The van der Waals surface area contributed by atoms with Crippen LogP contribution in [0.2, 0.25) is 0 Å². The average Bonchev–Trinajstić information content (AvgIpc) is 3.19. The van der Waals surface area contributed by atoms with Gasteiger partial charge in [-0.15, -0.1) is 0 Å². The summed E-state index contributed by atoms with van der Waals surface area (Å²) < 4.78 is 5.95. The molecule has 0 saturated heterocycles. The first-order chi connectivity index (χ1) is 13.2. The van der Waals surface area contributed by atoms with Crippen LogP contribution in [0.5, 0.6) is 0 Å². The smallest absolute Gasteiger partial charge is 0.331 e. The normalized spacial score (nSPS) is 55.8. The van der Waals surface area contributed by atoms with Gasteiger partial charge in [-0.05, 0) is 86.0 Å². The molecule has 1 heterocycles. The molecule has 0 aromatic carbocycles. The van der Waals surface area contributed by atoms with Crippen molar-refractivity contribution in [3.05, 3.63) is 11.6 Å². The zero-order valence-corrected chi connectivity index (χ0v) is 19.2. The Bertz CT molecular complexity index is 721. The fourth-order valence-corrected chi connectivity index (χ4v) is 9.26. The number of fused-ring (bicyclic) bond motifs is 5. The molecule has 0 spiro atoms. The molecule has 1 unspecified atom stereocenters. The molecule has 0 aromatic rings. The lowest BCUT2D eigenvalue weighted by molar-refractivity contribution is -0.242. The number of cyclic esters (lactones) is 1. The third kappa shape index (κ3) is 2.44. The minimum Gasteiger partial charge on any atom is -0.458 e. The Labute approximate surface area is 181 Å². The molecule has 156 valence electrons. The van der Waals surface area contributed by atoms with Gasteiger partial charge >= 0.3 is 5.97 Å². The first-order valence-corrected chi connectivity index (χ1v) is 12.4. The van der Waals surface area contributed by atoms with Crippen LogP contribution in [-0.2, 0) is 9.53 Å². The van der Waals surface area contributed by atoms with E-state index in [1.54, 1.807) is 6.08 Å². The largest absolute Gasteiger partial charge is 0.458 e. The number of ether oxygens (including phenoxy) is 1. The van der Waals surface area contributed by atoms with Crippen molar-refractivity contribution in [2.75, 3.05) is 6.61 Å². The summed E-state index contributed by atoms with van der Waals surface area (Å²) in [6, 6.07) is 0. The Morgan fingerprint density at radius 2 is 1.89 bits per heavy atom. The second-order valence-corrected chi connectivity index (χ2v) is 12.5. The van der Waals surface area contributed by atoms with Gasteiger partial charge in [-0.1, -0.05) is 36.4 Å². The van der Waals surface area contributed by atoms with Gasteiger partial charge in [0.15, 0.2) is 0 Å². The van der Waals surface area contributed by atoms with Crippen LogP contribution in [0, 0.1) is 34.5 Å². The Morgan fingerprint density at radius 3 is 2.61 bits per heavy atom. The summed E-state index contributed by atoms with van der Waals surface area (Å²) in [6.07, 6.45) is 9.51. The number of esters is 1. The fourth-order valence-electron chi connectivity index (χ4n) is 8.34. The van der Waals surface area contributed by atoms with E-state index in [0.717, 1.165) is 41.1 Å². The number of aliphatic hydroxyl groups is 2. The molecule has 0 radical (unpaired) electrons. The van der Waals surface area contributed by atoms with Gasteiger partial charge in [0.25, 0.3) is 0 Å². The second kappa shape index (κ2) is 6.43. The van der Waals surface area contributed by atoms with Crippen LogP contribution >= 0.6 is 22.6 Å². The lowest BCUT2D eigenvalue weighted by atomic mass is 9.42. The quantitative estimate of drug-likeness (QED) is 0.325. The van der Waals surface area contributed by atoms with Crippen molar-refractivity contribution in [2.45, 2.75) is 80.8 Å². The third-order valence-electron chi connectivity index (χ3n) is 10.0. The number of halogens is 1. The first kappa shape index (κ1) is 19.8. The highest BCUT2D eigenvalue weighted by atomic mass is 127. The van der Waals surface area contributed by atoms with Crippen molar-refractivity contribution in [3.63, 3.8) is 0 Å². The van der Waals surface area contributed by atoms with Crippen LogP contribution in [0.4, 0.5) is 0 Å². The van der Waals surface area contributed by atoms with Crippen molar-refractivity contribution in [1.29, 1.82) is 0 Å². The summed E-state index contributed by atoms with van der Waals surface area (Å²) >= 11 is 2.62. The Hall–Kier alpha value is -0.140. The van der Waals surface area contributed by atoms with Gasteiger partial charge in [-0.3, -0.25) is 0 Å². The van der Waals surface area contributed by atoms with E-state index in [0.29, 0.717) is 12.5 Å². The predicted molar refractivity (Wildman–Crippen MR) is 115 cm³/mol. The minimum atomic E-state index is -0.846. The van der Waals surface area contributed by atoms with E-state index < -0.39 is 17.1 Å². The molecule has 5 heteroatoms. The van der Waals surface area contributed by atoms with Crippen LogP contribution in [0.25, 0.3) is 0 Å². The molecule has 9 atom stereocenters. The number of carbonyl (C=O) groups excluding carboxylic acids is 1. The van der Waals surface area contributed by atoms with Crippen LogP contribution in [0.1, 0.15) is 65.2 Å². The molecule has 0 amide bonds. The van der Waals surface area contributed by atoms with E-state index in [-0.39, 0.29) is 23.2 Å². The lowest BCUT2D eigenvalue weighted by Crippen LogP contribution is -2.66. The number of aliphatic hydroxyl groups excluding tert-OH is 1. The molecular weight excluding hydrogens is 467 g/mol. The first-order valence-electron chi connectivity index (χ1n) is 11.1. The minimum absolute atomic E-state index is 0.0375. The SMILES string of the molecule is C[C@]12CC[C@@H](I)C[C@H]1CCC1[C@@H]2C[C@@H](O)[C@]2(C)[C@@H](C3=CC(=O)OC3)CC[C@]12O. The molecule has 4 saturated carbocycles. The van der Waals surface area contributed by atoms with Gasteiger partial charge in [0.1, 0.15) is 6.61 Å². The Morgan fingerprint density at radius 1 is 1.11 bits per heavy atom. The standard InChI is InChI=1S/C23H33IO4/c1-21-7-5-15(24)10-14(21)3-4-17-18(21)11-19(25)22(2)16(6-8-23(17,22)27)13-9-20(26)28-12-13/h9,14-19,25,27H,3-8,10-12H2,1-2H3/t14-,15-,16-,17?,18+,19-,21+,22+,23+/m1/s1. The third-order valence-corrected chi connectivity index (χ3v) is 11.1. The number of alkyl halides is 1. The second-order valence-electron chi connectivity index (χ2n) is 10.7. The Kier molecular flexibility index (Phi) is 4.55. The molecule has 2 N–H and O–H groups in total. The van der Waals surface area contributed by atoms with E-state index in [2.05, 4.69) is 36.4 Å². The van der Waals surface area contributed by atoms with E-state index >= 15 is 0 Å². The van der Waals surface area contributed by atoms with Gasteiger partial charge in [-0.2, -0.15) is 0 Å². The van der Waals surface area contributed by atoms with Crippen LogP contribution in [0.3, 0.4) is 0 Å². The van der Waals surface area contributed by atoms with Crippen LogP contribution < -0.4 is 0 Å².